The van der Waals surface area contributed by atoms with Gasteiger partial charge >= 0.3 is 0 Å². The first-order valence-electron chi connectivity index (χ1n) is 3.67. The largest absolute Gasteiger partial charge is 0.130 e. The Morgan fingerprint density at radius 2 is 1.55 bits per heavy atom. The smallest absolute Gasteiger partial charge is 0.0849 e. The second kappa shape index (κ2) is 2.42. The molecule has 0 aliphatic heterocycles. The maximum atomic E-state index is 3.95. The molecule has 2 aromatic rings. The molecule has 2 aromatic carbocycles. The average Bonchev–Trinajstić information content (AvgIpc) is 2.06. The number of fused-ring (bicyclic) bond motifs is 1. The van der Waals surface area contributed by atoms with Gasteiger partial charge in [-0.1, -0.05) is 47.9 Å². The van der Waals surface area contributed by atoms with Gasteiger partial charge in [0, 0.05) is 0 Å². The minimum atomic E-state index is 1.10. The highest BCUT2D eigenvalue weighted by Gasteiger charge is 1.91. The summed E-state index contributed by atoms with van der Waals surface area (Å²) in [6.07, 6.45) is 0. The Labute approximate surface area is 67.3 Å². The third kappa shape index (κ3) is 1.03. The van der Waals surface area contributed by atoms with Gasteiger partial charge in [0.05, 0.1) is 0 Å². The SMILES string of the molecule is [BH]c1cccc2ccccc12. The minimum absolute atomic E-state index is 1.10. The van der Waals surface area contributed by atoms with Crippen molar-refractivity contribution in [2.24, 2.45) is 0 Å². The van der Waals surface area contributed by atoms with Crippen molar-refractivity contribution < 1.29 is 0 Å². The van der Waals surface area contributed by atoms with Crippen molar-refractivity contribution in [1.29, 1.82) is 0 Å². The van der Waals surface area contributed by atoms with Crippen LogP contribution in [0.15, 0.2) is 42.5 Å². The van der Waals surface area contributed by atoms with Gasteiger partial charge in [-0.3, -0.25) is 0 Å². The summed E-state index contributed by atoms with van der Waals surface area (Å²) in [5, 5.41) is 2.51. The lowest BCUT2D eigenvalue weighted by Gasteiger charge is -1.99. The van der Waals surface area contributed by atoms with Gasteiger partial charge in [-0.25, -0.2) is 0 Å². The van der Waals surface area contributed by atoms with Crippen molar-refractivity contribution in [3.05, 3.63) is 42.5 Å². The Hall–Kier alpha value is -1.24. The molecule has 0 atom stereocenters. The number of hydrogen-bond donors (Lipinski definition) is 0. The maximum absolute atomic E-state index is 3.95. The van der Waals surface area contributed by atoms with Crippen LogP contribution in [0.25, 0.3) is 10.8 Å². The zero-order valence-electron chi connectivity index (χ0n) is 6.25. The molecule has 0 nitrogen and oxygen atoms in total. The van der Waals surface area contributed by atoms with Crippen LogP contribution in [0.1, 0.15) is 0 Å². The summed E-state index contributed by atoms with van der Waals surface area (Å²) in [6, 6.07) is 14.4. The van der Waals surface area contributed by atoms with Crippen LogP contribution in [0.4, 0.5) is 0 Å². The number of benzene rings is 2. The van der Waals surface area contributed by atoms with Crippen LogP contribution in [0.2, 0.25) is 0 Å². The molecule has 0 spiro atoms. The fraction of sp³-hybridized carbons (Fsp3) is 0. The third-order valence-corrected chi connectivity index (χ3v) is 1.88. The normalized spacial score (nSPS) is 10.2. The molecule has 0 saturated heterocycles. The highest BCUT2D eigenvalue weighted by atomic mass is 13.9. The second-order valence-electron chi connectivity index (χ2n) is 2.64. The van der Waals surface area contributed by atoms with Crippen LogP contribution in [0.3, 0.4) is 0 Å². The monoisotopic (exact) mass is 139 g/mol. The van der Waals surface area contributed by atoms with Gasteiger partial charge in [-0.05, 0) is 10.8 Å². The predicted octanol–water partition coefficient (Wildman–Crippen LogP) is 1.37. The summed E-state index contributed by atoms with van der Waals surface area (Å²) in [7, 11) is 3.95. The van der Waals surface area contributed by atoms with Crippen molar-refractivity contribution in [3.63, 3.8) is 0 Å². The molecule has 11 heavy (non-hydrogen) atoms. The van der Waals surface area contributed by atoms with E-state index in [-0.39, 0.29) is 0 Å². The van der Waals surface area contributed by atoms with E-state index in [0.29, 0.717) is 0 Å². The molecule has 0 saturated carbocycles. The topological polar surface area (TPSA) is 0 Å². The van der Waals surface area contributed by atoms with Gasteiger partial charge in [-0.15, -0.1) is 0 Å². The highest BCUT2D eigenvalue weighted by molar-refractivity contribution is 6.38. The standard InChI is InChI=1S/C10H8B/c11-10-7-3-5-8-4-1-2-6-9(8)10/h1-7,11H. The van der Waals surface area contributed by atoms with Crippen molar-refractivity contribution in [2.75, 3.05) is 0 Å². The molecule has 0 aromatic heterocycles. The predicted molar refractivity (Wildman–Crippen MR) is 50.7 cm³/mol. The molecule has 0 aliphatic rings. The summed E-state index contributed by atoms with van der Waals surface area (Å²) in [6.45, 7) is 0. The van der Waals surface area contributed by atoms with Crippen LogP contribution in [-0.2, 0) is 0 Å². The molecule has 1 heteroatoms. The van der Waals surface area contributed by atoms with E-state index in [1.54, 1.807) is 0 Å². The van der Waals surface area contributed by atoms with Gasteiger partial charge in [-0.2, -0.15) is 0 Å². The van der Waals surface area contributed by atoms with Crippen LogP contribution in [0.5, 0.6) is 0 Å². The number of hydrogen-bond acceptors (Lipinski definition) is 0. The third-order valence-electron chi connectivity index (χ3n) is 1.88. The van der Waals surface area contributed by atoms with Crippen LogP contribution in [-0.4, -0.2) is 7.85 Å². The highest BCUT2D eigenvalue weighted by Crippen LogP contribution is 2.08. The van der Waals surface area contributed by atoms with E-state index in [2.05, 4.69) is 26.0 Å². The van der Waals surface area contributed by atoms with Crippen molar-refractivity contribution in [1.82, 2.24) is 0 Å². The van der Waals surface area contributed by atoms with E-state index in [9.17, 15) is 0 Å². The fourth-order valence-corrected chi connectivity index (χ4v) is 1.29. The average molecular weight is 139 g/mol. The van der Waals surface area contributed by atoms with Crippen molar-refractivity contribution >= 4 is 24.1 Å². The molecule has 0 unspecified atom stereocenters. The van der Waals surface area contributed by atoms with Gasteiger partial charge in [0.25, 0.3) is 0 Å². The zero-order chi connectivity index (χ0) is 7.68. The quantitative estimate of drug-likeness (QED) is 0.483. The molecular formula is C10H8B. The summed E-state index contributed by atoms with van der Waals surface area (Å²) in [5.41, 5.74) is 1.10. The first kappa shape index (κ1) is 6.47. The van der Waals surface area contributed by atoms with Crippen LogP contribution in [0, 0.1) is 0 Å². The minimum Gasteiger partial charge on any atom is -0.0849 e. The van der Waals surface area contributed by atoms with E-state index in [0.717, 1.165) is 5.46 Å². The first-order chi connectivity index (χ1) is 5.38. The molecule has 0 N–H and O–H groups in total. The lowest BCUT2D eigenvalue weighted by molar-refractivity contribution is 1.78. The van der Waals surface area contributed by atoms with E-state index in [4.69, 9.17) is 0 Å². The number of rotatable bonds is 0. The lowest BCUT2D eigenvalue weighted by Crippen LogP contribution is -2.01. The molecule has 1 radical (unpaired) electrons. The van der Waals surface area contributed by atoms with E-state index < -0.39 is 0 Å². The van der Waals surface area contributed by atoms with E-state index in [1.165, 1.54) is 10.8 Å². The van der Waals surface area contributed by atoms with Crippen LogP contribution >= 0.6 is 0 Å². The zero-order valence-corrected chi connectivity index (χ0v) is 6.25. The van der Waals surface area contributed by atoms with Crippen molar-refractivity contribution in [2.45, 2.75) is 0 Å². The Bertz CT molecular complexity index is 374. The van der Waals surface area contributed by atoms with Gasteiger partial charge in [0.15, 0.2) is 0 Å². The Kier molecular flexibility index (Phi) is 1.43. The Balaban J connectivity index is 2.91. The summed E-state index contributed by atoms with van der Waals surface area (Å²) < 4.78 is 0. The molecule has 51 valence electrons. The summed E-state index contributed by atoms with van der Waals surface area (Å²) in [4.78, 5) is 0. The lowest BCUT2D eigenvalue weighted by atomic mass is 9.90. The molecule has 0 fully saturated rings. The Morgan fingerprint density at radius 3 is 2.36 bits per heavy atom. The maximum Gasteiger partial charge on any atom is 0.130 e. The summed E-state index contributed by atoms with van der Waals surface area (Å²) in [5.74, 6) is 0. The van der Waals surface area contributed by atoms with Gasteiger partial charge in [0.2, 0.25) is 0 Å². The van der Waals surface area contributed by atoms with Gasteiger partial charge in [0.1, 0.15) is 7.85 Å². The molecule has 2 rings (SSSR count). The molecule has 0 bridgehead atoms. The first-order valence-corrected chi connectivity index (χ1v) is 3.67. The second-order valence-corrected chi connectivity index (χ2v) is 2.64. The van der Waals surface area contributed by atoms with E-state index >= 15 is 0 Å². The molecule has 0 heterocycles. The molecule has 0 amide bonds. The van der Waals surface area contributed by atoms with Crippen molar-refractivity contribution in [3.8, 4) is 0 Å². The fourth-order valence-electron chi connectivity index (χ4n) is 1.29. The Morgan fingerprint density at radius 1 is 0.818 bits per heavy atom. The van der Waals surface area contributed by atoms with Gasteiger partial charge < -0.3 is 0 Å². The summed E-state index contributed by atoms with van der Waals surface area (Å²) >= 11 is 0. The molecular weight excluding hydrogens is 131 g/mol. The molecule has 0 aliphatic carbocycles. The van der Waals surface area contributed by atoms with Crippen LogP contribution < -0.4 is 5.46 Å². The van der Waals surface area contributed by atoms with E-state index in [1.807, 2.05) is 24.3 Å².